The predicted octanol–water partition coefficient (Wildman–Crippen LogP) is 0.0911. The van der Waals surface area contributed by atoms with E-state index < -0.39 is 21.4 Å². The molecule has 0 aromatic rings. The summed E-state index contributed by atoms with van der Waals surface area (Å²) in [6, 6.07) is 0. The first-order chi connectivity index (χ1) is 3.55. The molecule has 0 fully saturated rings. The monoisotopic (exact) mass is 138 g/mol. The summed E-state index contributed by atoms with van der Waals surface area (Å²) in [5, 5.41) is 11.7. The molecule has 0 aliphatic rings. The zero-order valence-electron chi connectivity index (χ0n) is 3.53. The van der Waals surface area contributed by atoms with E-state index in [0.29, 0.717) is 0 Å². The smallest absolute Gasteiger partial charge is 0.406 e. The number of carbonyl (C=O) groups is 2. The van der Waals surface area contributed by atoms with Gasteiger partial charge in [-0.3, -0.25) is 0 Å². The van der Waals surface area contributed by atoms with Crippen molar-refractivity contribution in [3.05, 3.63) is 0 Å². The highest BCUT2D eigenvalue weighted by Crippen LogP contribution is 1.83. The van der Waals surface area contributed by atoms with Gasteiger partial charge in [-0.05, 0) is 0 Å². The Kier molecular flexibility index (Phi) is 2.14. The Hall–Kier alpha value is -0.910. The third-order valence-corrected chi connectivity index (χ3v) is 0.952. The Labute approximate surface area is 46.4 Å². The zero-order valence-corrected chi connectivity index (χ0v) is 4.34. The lowest BCUT2D eigenvalue weighted by Crippen LogP contribution is -2.11. The van der Waals surface area contributed by atoms with Crippen molar-refractivity contribution in [2.75, 3.05) is 0 Å². The lowest BCUT2D eigenvalue weighted by molar-refractivity contribution is 0.215. The minimum atomic E-state index is -2.79. The van der Waals surface area contributed by atoms with Gasteiger partial charge in [0, 0.05) is 0 Å². The molecule has 0 bridgehead atoms. The second kappa shape index (κ2) is 2.41. The van der Waals surface area contributed by atoms with Crippen LogP contribution in [0.3, 0.4) is 0 Å². The van der Waals surface area contributed by atoms with Gasteiger partial charge >= 0.3 is 10.6 Å². The highest BCUT2D eigenvalue weighted by atomic mass is 32.2. The number of hydrogen-bond acceptors (Lipinski definition) is 3. The van der Waals surface area contributed by atoms with Gasteiger partial charge in [0.15, 0.2) is 0 Å². The summed E-state index contributed by atoms with van der Waals surface area (Å²) in [5.41, 5.74) is 0. The van der Waals surface area contributed by atoms with Crippen LogP contribution in [-0.2, 0) is 10.8 Å². The molecule has 0 amide bonds. The maximum absolute atomic E-state index is 9.75. The zero-order chi connectivity index (χ0) is 6.73. The first kappa shape index (κ1) is 7.09. The van der Waals surface area contributed by atoms with Crippen LogP contribution in [0.2, 0.25) is 0 Å². The molecule has 2 N–H and O–H groups in total. The molecule has 0 saturated carbocycles. The third kappa shape index (κ3) is 1.69. The van der Waals surface area contributed by atoms with E-state index >= 15 is 0 Å². The maximum Gasteiger partial charge on any atom is 0.406 e. The summed E-state index contributed by atoms with van der Waals surface area (Å²) in [6.45, 7) is 0. The quantitative estimate of drug-likeness (QED) is 0.495. The summed E-state index contributed by atoms with van der Waals surface area (Å²) in [6.07, 6.45) is 0. The summed E-state index contributed by atoms with van der Waals surface area (Å²) < 4.78 is 9.75. The molecule has 0 aromatic heterocycles. The lowest BCUT2D eigenvalue weighted by atomic mass is 11.6. The fourth-order valence-corrected chi connectivity index (χ4v) is 0.224. The molecular formula is C2H2O5S. The van der Waals surface area contributed by atoms with Crippen molar-refractivity contribution in [3.63, 3.8) is 0 Å². The Morgan fingerprint density at radius 1 is 1.12 bits per heavy atom. The van der Waals surface area contributed by atoms with Gasteiger partial charge in [-0.25, -0.2) is 13.8 Å². The van der Waals surface area contributed by atoms with Gasteiger partial charge in [0.1, 0.15) is 0 Å². The minimum Gasteiger partial charge on any atom is -0.471 e. The van der Waals surface area contributed by atoms with Crippen molar-refractivity contribution in [1.29, 1.82) is 0 Å². The predicted molar refractivity (Wildman–Crippen MR) is 24.2 cm³/mol. The standard InChI is InChI=1S/C2H2O5S/c3-1(4)8(7)2(5)6/h(H,3,4)(H,5,6). The van der Waals surface area contributed by atoms with Crippen LogP contribution in [0.25, 0.3) is 0 Å². The van der Waals surface area contributed by atoms with E-state index in [4.69, 9.17) is 10.2 Å². The molecule has 6 heteroatoms. The largest absolute Gasteiger partial charge is 0.471 e. The van der Waals surface area contributed by atoms with Crippen LogP contribution in [0, 0.1) is 0 Å². The number of carboxylic acid groups (broad SMARTS) is 2. The van der Waals surface area contributed by atoms with Crippen molar-refractivity contribution in [3.8, 4) is 0 Å². The summed E-state index contributed by atoms with van der Waals surface area (Å²) in [4.78, 5) is 18.9. The fourth-order valence-electron chi connectivity index (χ4n) is 0.0747. The third-order valence-electron chi connectivity index (χ3n) is 0.317. The van der Waals surface area contributed by atoms with Crippen LogP contribution < -0.4 is 0 Å². The number of rotatable bonds is 0. The normalized spacial score (nSPS) is 9.12. The second-order valence-corrected chi connectivity index (χ2v) is 2.04. The highest BCUT2D eigenvalue weighted by Gasteiger charge is 2.16. The molecule has 0 unspecified atom stereocenters. The van der Waals surface area contributed by atoms with Gasteiger partial charge in [-0.2, -0.15) is 0 Å². The molecule has 0 atom stereocenters. The average molecular weight is 138 g/mol. The van der Waals surface area contributed by atoms with Crippen molar-refractivity contribution in [2.45, 2.75) is 0 Å². The van der Waals surface area contributed by atoms with Gasteiger partial charge in [0.05, 0.1) is 0 Å². The van der Waals surface area contributed by atoms with Gasteiger partial charge in [0.25, 0.3) is 0 Å². The fraction of sp³-hybridized carbons (Fsp3) is 0. The molecule has 0 rings (SSSR count). The van der Waals surface area contributed by atoms with Crippen molar-refractivity contribution in [2.24, 2.45) is 0 Å². The Bertz CT molecular complexity index is 133. The van der Waals surface area contributed by atoms with Crippen LogP contribution in [0.5, 0.6) is 0 Å². The summed E-state index contributed by atoms with van der Waals surface area (Å²) >= 11 is 0. The Balaban J connectivity index is 4.05. The van der Waals surface area contributed by atoms with Crippen LogP contribution in [0.1, 0.15) is 0 Å². The maximum atomic E-state index is 9.75. The molecule has 0 heterocycles. The van der Waals surface area contributed by atoms with Gasteiger partial charge in [-0.15, -0.1) is 0 Å². The molecule has 0 saturated heterocycles. The van der Waals surface area contributed by atoms with Crippen LogP contribution in [0.15, 0.2) is 0 Å². The topological polar surface area (TPSA) is 91.7 Å². The van der Waals surface area contributed by atoms with Gasteiger partial charge in [-0.1, -0.05) is 0 Å². The summed E-state index contributed by atoms with van der Waals surface area (Å²) in [5.74, 6) is 0. The van der Waals surface area contributed by atoms with Crippen LogP contribution >= 0.6 is 0 Å². The molecule has 0 radical (unpaired) electrons. The van der Waals surface area contributed by atoms with E-state index in [9.17, 15) is 13.8 Å². The molecule has 0 aromatic carbocycles. The molecular weight excluding hydrogens is 136 g/mol. The molecule has 0 aliphatic carbocycles. The van der Waals surface area contributed by atoms with E-state index in [-0.39, 0.29) is 0 Å². The molecule has 0 spiro atoms. The van der Waals surface area contributed by atoms with E-state index in [1.54, 1.807) is 0 Å². The van der Waals surface area contributed by atoms with Gasteiger partial charge < -0.3 is 10.2 Å². The summed E-state index contributed by atoms with van der Waals surface area (Å²) in [7, 11) is -2.79. The Morgan fingerprint density at radius 3 is 1.38 bits per heavy atom. The van der Waals surface area contributed by atoms with Crippen LogP contribution in [-0.4, -0.2) is 25.0 Å². The minimum absolute atomic E-state index is 1.84. The van der Waals surface area contributed by atoms with Crippen LogP contribution in [0.4, 0.5) is 9.59 Å². The molecule has 8 heavy (non-hydrogen) atoms. The SMILES string of the molecule is O=C(O)S(=O)C(=O)O. The lowest BCUT2D eigenvalue weighted by Gasteiger charge is -1.81. The molecule has 46 valence electrons. The molecule has 0 aliphatic heterocycles. The van der Waals surface area contributed by atoms with E-state index in [1.807, 2.05) is 0 Å². The van der Waals surface area contributed by atoms with Crippen molar-refractivity contribution >= 4 is 21.4 Å². The number of hydrogen-bond donors (Lipinski definition) is 2. The van der Waals surface area contributed by atoms with Crippen molar-refractivity contribution in [1.82, 2.24) is 0 Å². The molecule has 5 nitrogen and oxygen atoms in total. The first-order valence-corrected chi connectivity index (χ1v) is 2.58. The van der Waals surface area contributed by atoms with Gasteiger partial charge in [0.2, 0.25) is 10.8 Å². The first-order valence-electron chi connectivity index (χ1n) is 1.43. The van der Waals surface area contributed by atoms with E-state index in [0.717, 1.165) is 0 Å². The van der Waals surface area contributed by atoms with E-state index in [2.05, 4.69) is 0 Å². The highest BCUT2D eigenvalue weighted by molar-refractivity contribution is 8.12. The van der Waals surface area contributed by atoms with E-state index in [1.165, 1.54) is 0 Å². The van der Waals surface area contributed by atoms with Crippen molar-refractivity contribution < 1.29 is 24.0 Å². The second-order valence-electron chi connectivity index (χ2n) is 0.801. The Morgan fingerprint density at radius 2 is 1.38 bits per heavy atom. The average Bonchev–Trinajstić information content (AvgIpc) is 1.64.